The molecule has 1 heterocycles. The van der Waals surface area contributed by atoms with Gasteiger partial charge in [0.15, 0.2) is 0 Å². The minimum absolute atomic E-state index is 0.0336. The number of hydrogen-bond donors (Lipinski definition) is 0. The Labute approximate surface area is 361 Å². The topological polar surface area (TPSA) is 16.4 Å². The number of para-hydroxylation sites is 2. The Morgan fingerprint density at radius 2 is 1.25 bits per heavy atom. The van der Waals surface area contributed by atoms with Gasteiger partial charge < -0.3 is 9.32 Å². The number of nitrogens with zero attached hydrogens (tertiary/aromatic N) is 1. The van der Waals surface area contributed by atoms with E-state index in [0.717, 1.165) is 50.9 Å². The molecular formula is C59H55NO. The fraction of sp³-hybridized carbons (Fsp3) is 0.220. The van der Waals surface area contributed by atoms with Gasteiger partial charge in [-0.25, -0.2) is 0 Å². The molecule has 0 saturated carbocycles. The minimum Gasteiger partial charge on any atom is -0.455 e. The van der Waals surface area contributed by atoms with Crippen LogP contribution in [0.2, 0.25) is 0 Å². The first-order valence-electron chi connectivity index (χ1n) is 21.9. The van der Waals surface area contributed by atoms with Gasteiger partial charge in [0.25, 0.3) is 0 Å². The van der Waals surface area contributed by atoms with Gasteiger partial charge in [0.05, 0.1) is 6.04 Å². The molecule has 2 aliphatic carbocycles. The lowest BCUT2D eigenvalue weighted by Crippen LogP contribution is -2.33. The van der Waals surface area contributed by atoms with Crippen LogP contribution in [-0.2, 0) is 16.2 Å². The van der Waals surface area contributed by atoms with Crippen LogP contribution in [0, 0.1) is 0 Å². The Morgan fingerprint density at radius 1 is 0.557 bits per heavy atom. The Hall–Kier alpha value is -6.38. The molecule has 0 radical (unpaired) electrons. The molecule has 0 aliphatic heterocycles. The molecule has 8 aromatic rings. The molecular weight excluding hydrogens is 739 g/mol. The van der Waals surface area contributed by atoms with Crippen LogP contribution in [0.4, 0.5) is 11.4 Å². The van der Waals surface area contributed by atoms with E-state index in [4.69, 9.17) is 4.42 Å². The highest BCUT2D eigenvalue weighted by atomic mass is 16.3. The summed E-state index contributed by atoms with van der Waals surface area (Å²) < 4.78 is 6.50. The summed E-state index contributed by atoms with van der Waals surface area (Å²) in [5, 5.41) is 2.29. The van der Waals surface area contributed by atoms with Crippen LogP contribution >= 0.6 is 0 Å². The van der Waals surface area contributed by atoms with E-state index in [1.807, 2.05) is 6.07 Å². The van der Waals surface area contributed by atoms with E-state index >= 15 is 0 Å². The average molecular weight is 794 g/mol. The maximum absolute atomic E-state index is 6.50. The van der Waals surface area contributed by atoms with Crippen LogP contribution in [0.15, 0.2) is 174 Å². The van der Waals surface area contributed by atoms with Crippen LogP contribution < -0.4 is 4.90 Å². The molecule has 0 fully saturated rings. The number of hydrogen-bond acceptors (Lipinski definition) is 2. The summed E-state index contributed by atoms with van der Waals surface area (Å²) in [5.41, 5.74) is 19.8. The molecule has 1 aromatic heterocycles. The van der Waals surface area contributed by atoms with Crippen molar-refractivity contribution >= 4 is 38.9 Å². The van der Waals surface area contributed by atoms with Gasteiger partial charge in [-0.05, 0) is 109 Å². The first-order chi connectivity index (χ1) is 29.3. The van der Waals surface area contributed by atoms with E-state index in [0.29, 0.717) is 0 Å². The zero-order chi connectivity index (χ0) is 42.3. The van der Waals surface area contributed by atoms with E-state index in [-0.39, 0.29) is 22.3 Å². The highest BCUT2D eigenvalue weighted by Gasteiger charge is 2.42. The largest absolute Gasteiger partial charge is 0.455 e. The third kappa shape index (κ3) is 6.56. The van der Waals surface area contributed by atoms with E-state index in [1.54, 1.807) is 0 Å². The van der Waals surface area contributed by atoms with Crippen molar-refractivity contribution in [3.05, 3.63) is 198 Å². The predicted octanol–water partition coefficient (Wildman–Crippen LogP) is 16.4. The van der Waals surface area contributed by atoms with Crippen LogP contribution in [0.25, 0.3) is 60.9 Å². The van der Waals surface area contributed by atoms with Gasteiger partial charge in [-0.1, -0.05) is 195 Å². The zero-order valence-electron chi connectivity index (χ0n) is 36.8. The van der Waals surface area contributed by atoms with Crippen LogP contribution in [0.3, 0.4) is 0 Å². The number of rotatable bonds is 6. The molecule has 61 heavy (non-hydrogen) atoms. The first-order valence-corrected chi connectivity index (χ1v) is 21.9. The molecule has 2 aliphatic rings. The van der Waals surface area contributed by atoms with Crippen molar-refractivity contribution in [2.24, 2.45) is 0 Å². The summed E-state index contributed by atoms with van der Waals surface area (Å²) in [6, 6.07) is 56.0. The lowest BCUT2D eigenvalue weighted by molar-refractivity contribution is 0.564. The van der Waals surface area contributed by atoms with Gasteiger partial charge in [0, 0.05) is 33.1 Å². The number of fused-ring (bicyclic) bond motifs is 6. The second-order valence-electron chi connectivity index (χ2n) is 19.7. The molecule has 1 atom stereocenters. The maximum Gasteiger partial charge on any atom is 0.143 e. The molecule has 1 unspecified atom stereocenters. The lowest BCUT2D eigenvalue weighted by Gasteiger charge is -2.37. The highest BCUT2D eigenvalue weighted by molar-refractivity contribution is 6.09. The van der Waals surface area contributed by atoms with Crippen molar-refractivity contribution in [3.8, 4) is 33.4 Å². The van der Waals surface area contributed by atoms with E-state index in [1.165, 1.54) is 55.6 Å². The van der Waals surface area contributed by atoms with Crippen molar-refractivity contribution in [3.63, 3.8) is 0 Å². The Bertz CT molecular complexity index is 3030. The van der Waals surface area contributed by atoms with Gasteiger partial charge in [-0.15, -0.1) is 0 Å². The Kier molecular flexibility index (Phi) is 9.14. The van der Waals surface area contributed by atoms with Crippen LogP contribution in [0.5, 0.6) is 0 Å². The molecule has 0 saturated heterocycles. The van der Waals surface area contributed by atoms with Crippen molar-refractivity contribution in [2.45, 2.75) is 84.1 Å². The quantitative estimate of drug-likeness (QED) is 0.167. The Morgan fingerprint density at radius 3 is 2.02 bits per heavy atom. The number of furan rings is 1. The summed E-state index contributed by atoms with van der Waals surface area (Å²) in [6.07, 6.45) is 7.88. The van der Waals surface area contributed by atoms with E-state index in [9.17, 15) is 0 Å². The van der Waals surface area contributed by atoms with Gasteiger partial charge in [0.1, 0.15) is 11.2 Å². The summed E-state index contributed by atoms with van der Waals surface area (Å²) >= 11 is 0. The Balaban J connectivity index is 1.15. The summed E-state index contributed by atoms with van der Waals surface area (Å²) in [5.74, 6) is 0. The molecule has 0 spiro atoms. The van der Waals surface area contributed by atoms with Crippen LogP contribution in [0.1, 0.15) is 89.6 Å². The molecule has 0 bridgehead atoms. The predicted molar refractivity (Wildman–Crippen MR) is 260 cm³/mol. The third-order valence-corrected chi connectivity index (χ3v) is 13.3. The highest BCUT2D eigenvalue weighted by Crippen LogP contribution is 2.56. The number of allylic oxidation sites excluding steroid dienone is 2. The summed E-state index contributed by atoms with van der Waals surface area (Å²) in [4.78, 5) is 2.58. The van der Waals surface area contributed by atoms with Crippen LogP contribution in [-0.4, -0.2) is 6.04 Å². The second kappa shape index (κ2) is 14.4. The average Bonchev–Trinajstić information content (AvgIpc) is 3.76. The zero-order valence-corrected chi connectivity index (χ0v) is 36.8. The molecule has 2 heteroatoms. The summed E-state index contributed by atoms with van der Waals surface area (Å²) in [6.45, 7) is 19.1. The molecule has 302 valence electrons. The number of anilines is 2. The normalized spacial score (nSPS) is 15.8. The SMILES string of the molecule is CC(C)(C)c1cc(C(C)(C)C)c2c(c1)C(C)(C)c1cccc(C3=CC=CCC3N(c3ccc(-c4cccc5c4oc4ccccc45)cc3)c3cccc(-c4ccccc4)c3)c1-2. The summed E-state index contributed by atoms with van der Waals surface area (Å²) in [7, 11) is 0. The van der Waals surface area contributed by atoms with Crippen molar-refractivity contribution in [2.75, 3.05) is 4.90 Å². The fourth-order valence-corrected chi connectivity index (χ4v) is 10.0. The van der Waals surface area contributed by atoms with Gasteiger partial charge >= 0.3 is 0 Å². The second-order valence-corrected chi connectivity index (χ2v) is 19.7. The number of benzene rings is 7. The van der Waals surface area contributed by atoms with Gasteiger partial charge in [-0.2, -0.15) is 0 Å². The third-order valence-electron chi connectivity index (χ3n) is 13.3. The van der Waals surface area contributed by atoms with Crippen molar-refractivity contribution < 1.29 is 4.42 Å². The smallest absolute Gasteiger partial charge is 0.143 e. The van der Waals surface area contributed by atoms with E-state index < -0.39 is 0 Å². The monoisotopic (exact) mass is 793 g/mol. The minimum atomic E-state index is -0.148. The molecule has 10 rings (SSSR count). The van der Waals surface area contributed by atoms with Gasteiger partial charge in [0.2, 0.25) is 0 Å². The first kappa shape index (κ1) is 38.8. The lowest BCUT2D eigenvalue weighted by atomic mass is 9.74. The van der Waals surface area contributed by atoms with Crippen molar-refractivity contribution in [1.29, 1.82) is 0 Å². The molecule has 7 aromatic carbocycles. The molecule has 2 nitrogen and oxygen atoms in total. The standard InChI is InChI=1S/C59H55NO/c1-57(2,3)41-36-50(58(4,5)6)55-51(37-41)59(7,8)49-28-18-26-47(54(49)55)45-23-12-14-29-52(45)60(43-22-16-21-40(35-43)38-19-10-9-11-20-38)42-33-31-39(32-34-42)44-25-17-27-48-46-24-13-15-30-53(46)61-56(44)48/h9-28,30-37,52H,29H2,1-8H3. The van der Waals surface area contributed by atoms with Crippen molar-refractivity contribution in [1.82, 2.24) is 0 Å². The van der Waals surface area contributed by atoms with Gasteiger partial charge in [-0.3, -0.25) is 0 Å². The maximum atomic E-state index is 6.50. The van der Waals surface area contributed by atoms with E-state index in [2.05, 4.69) is 224 Å². The molecule has 0 amide bonds. The fourth-order valence-electron chi connectivity index (χ4n) is 10.0. The molecule has 0 N–H and O–H groups in total.